The summed E-state index contributed by atoms with van der Waals surface area (Å²) >= 11 is 0. The molecule has 0 heterocycles. The van der Waals surface area contributed by atoms with E-state index >= 15 is 0 Å². The van der Waals surface area contributed by atoms with E-state index in [9.17, 15) is 4.79 Å². The molecule has 0 aliphatic carbocycles. The maximum atomic E-state index is 11.7. The first-order valence-corrected chi connectivity index (χ1v) is 7.39. The van der Waals surface area contributed by atoms with E-state index in [1.54, 1.807) is 0 Å². The van der Waals surface area contributed by atoms with Gasteiger partial charge in [0.15, 0.2) is 0 Å². The molecule has 0 unspecified atom stereocenters. The minimum atomic E-state index is 0.126. The first kappa shape index (κ1) is 15.1. The minimum Gasteiger partial charge on any atom is -0.399 e. The van der Waals surface area contributed by atoms with Crippen LogP contribution in [0.4, 0.5) is 5.69 Å². The lowest BCUT2D eigenvalue weighted by atomic mass is 10.1. The third-order valence-corrected chi connectivity index (χ3v) is 3.43. The van der Waals surface area contributed by atoms with Gasteiger partial charge in [0.25, 0.3) is 0 Å². The van der Waals surface area contributed by atoms with Crippen molar-refractivity contribution >= 4 is 11.6 Å². The number of nitrogens with one attached hydrogen (secondary N) is 1. The summed E-state index contributed by atoms with van der Waals surface area (Å²) in [7, 11) is 0. The van der Waals surface area contributed by atoms with Crippen molar-refractivity contribution in [2.75, 3.05) is 12.3 Å². The van der Waals surface area contributed by atoms with Crippen molar-refractivity contribution in [2.24, 2.45) is 0 Å². The number of hydrogen-bond acceptors (Lipinski definition) is 2. The number of benzene rings is 2. The fraction of sp³-hybridized carbons (Fsp3) is 0.278. The third kappa shape index (κ3) is 5.69. The lowest BCUT2D eigenvalue weighted by Crippen LogP contribution is -2.25. The van der Waals surface area contributed by atoms with Crippen LogP contribution in [0.3, 0.4) is 0 Å². The first-order chi connectivity index (χ1) is 10.2. The van der Waals surface area contributed by atoms with Crippen molar-refractivity contribution in [3.8, 4) is 0 Å². The molecular weight excluding hydrogens is 260 g/mol. The largest absolute Gasteiger partial charge is 0.399 e. The van der Waals surface area contributed by atoms with E-state index in [0.29, 0.717) is 13.0 Å². The zero-order valence-corrected chi connectivity index (χ0v) is 12.2. The normalized spacial score (nSPS) is 10.3. The third-order valence-electron chi connectivity index (χ3n) is 3.43. The Kier molecular flexibility index (Phi) is 5.83. The fourth-order valence-corrected chi connectivity index (χ4v) is 2.22. The van der Waals surface area contributed by atoms with Gasteiger partial charge in [0.2, 0.25) is 5.91 Å². The molecule has 0 saturated carbocycles. The van der Waals surface area contributed by atoms with E-state index in [1.807, 2.05) is 42.5 Å². The van der Waals surface area contributed by atoms with Gasteiger partial charge in [-0.2, -0.15) is 0 Å². The molecule has 3 heteroatoms. The van der Waals surface area contributed by atoms with Crippen LogP contribution < -0.4 is 11.1 Å². The van der Waals surface area contributed by atoms with E-state index in [-0.39, 0.29) is 5.91 Å². The molecular formula is C18H22N2O. The van der Waals surface area contributed by atoms with Crippen LogP contribution in [0.15, 0.2) is 54.6 Å². The number of carbonyl (C=O) groups excluding carboxylic acids is 1. The van der Waals surface area contributed by atoms with E-state index in [4.69, 9.17) is 5.73 Å². The van der Waals surface area contributed by atoms with Crippen molar-refractivity contribution in [3.05, 3.63) is 65.7 Å². The highest BCUT2D eigenvalue weighted by atomic mass is 16.1. The molecule has 0 fully saturated rings. The van der Waals surface area contributed by atoms with Gasteiger partial charge in [0.1, 0.15) is 0 Å². The van der Waals surface area contributed by atoms with Crippen LogP contribution in [-0.4, -0.2) is 12.5 Å². The van der Waals surface area contributed by atoms with Crippen LogP contribution in [0, 0.1) is 0 Å². The summed E-state index contributed by atoms with van der Waals surface area (Å²) in [5.41, 5.74) is 8.89. The fourth-order valence-electron chi connectivity index (χ4n) is 2.22. The Labute approximate surface area is 126 Å². The van der Waals surface area contributed by atoms with E-state index in [0.717, 1.165) is 24.9 Å². The van der Waals surface area contributed by atoms with Gasteiger partial charge in [-0.05, 0) is 42.5 Å². The molecule has 2 rings (SSSR count). The van der Waals surface area contributed by atoms with Crippen molar-refractivity contribution in [1.82, 2.24) is 5.32 Å². The number of nitrogens with two attached hydrogens (primary N) is 1. The predicted octanol–water partition coefficient (Wildman–Crippen LogP) is 2.95. The van der Waals surface area contributed by atoms with E-state index < -0.39 is 0 Å². The minimum absolute atomic E-state index is 0.126. The average molecular weight is 282 g/mol. The lowest BCUT2D eigenvalue weighted by Gasteiger charge is -2.06. The van der Waals surface area contributed by atoms with Crippen molar-refractivity contribution in [1.29, 1.82) is 0 Å². The summed E-state index contributed by atoms with van der Waals surface area (Å²) in [6.07, 6.45) is 3.22. The number of aryl methyl sites for hydroxylation is 1. The number of rotatable bonds is 7. The lowest BCUT2D eigenvalue weighted by molar-refractivity contribution is -0.121. The molecule has 0 bridgehead atoms. The van der Waals surface area contributed by atoms with Gasteiger partial charge >= 0.3 is 0 Å². The first-order valence-electron chi connectivity index (χ1n) is 7.39. The number of amides is 1. The van der Waals surface area contributed by atoms with E-state index in [1.165, 1.54) is 11.1 Å². The Morgan fingerprint density at radius 3 is 2.29 bits per heavy atom. The summed E-state index contributed by atoms with van der Waals surface area (Å²) < 4.78 is 0. The second-order valence-corrected chi connectivity index (χ2v) is 5.18. The van der Waals surface area contributed by atoms with Crippen LogP contribution in [0.2, 0.25) is 0 Å². The zero-order chi connectivity index (χ0) is 14.9. The summed E-state index contributed by atoms with van der Waals surface area (Å²) in [4.78, 5) is 11.7. The predicted molar refractivity (Wildman–Crippen MR) is 86.9 cm³/mol. The molecule has 0 spiro atoms. The molecule has 0 radical (unpaired) electrons. The Morgan fingerprint density at radius 1 is 0.905 bits per heavy atom. The van der Waals surface area contributed by atoms with Gasteiger partial charge in [-0.3, -0.25) is 4.79 Å². The van der Waals surface area contributed by atoms with Gasteiger partial charge in [-0.1, -0.05) is 42.5 Å². The summed E-state index contributed by atoms with van der Waals surface area (Å²) in [5.74, 6) is 0.126. The zero-order valence-electron chi connectivity index (χ0n) is 12.2. The molecule has 0 saturated heterocycles. The molecule has 0 aliphatic heterocycles. The average Bonchev–Trinajstić information content (AvgIpc) is 2.50. The maximum absolute atomic E-state index is 11.7. The van der Waals surface area contributed by atoms with Crippen molar-refractivity contribution in [3.63, 3.8) is 0 Å². The van der Waals surface area contributed by atoms with Crippen molar-refractivity contribution < 1.29 is 4.79 Å². The number of carbonyl (C=O) groups is 1. The maximum Gasteiger partial charge on any atom is 0.220 e. The Bertz CT molecular complexity index is 549. The summed E-state index contributed by atoms with van der Waals surface area (Å²) in [6, 6.07) is 18.0. The Hall–Kier alpha value is -2.29. The van der Waals surface area contributed by atoms with Gasteiger partial charge in [0, 0.05) is 18.7 Å². The Balaban J connectivity index is 1.60. The quantitative estimate of drug-likeness (QED) is 0.767. The molecule has 3 N–H and O–H groups in total. The molecule has 0 aromatic heterocycles. The summed E-state index contributed by atoms with van der Waals surface area (Å²) in [5, 5.41) is 2.97. The Morgan fingerprint density at radius 2 is 1.57 bits per heavy atom. The second-order valence-electron chi connectivity index (χ2n) is 5.18. The molecule has 0 atom stereocenters. The molecule has 21 heavy (non-hydrogen) atoms. The van der Waals surface area contributed by atoms with Gasteiger partial charge in [0.05, 0.1) is 0 Å². The SMILES string of the molecule is Nc1ccc(CCCC(=O)NCCc2ccccc2)cc1. The molecule has 1 amide bonds. The van der Waals surface area contributed by atoms with Gasteiger partial charge < -0.3 is 11.1 Å². The molecule has 0 aliphatic rings. The van der Waals surface area contributed by atoms with Crippen LogP contribution in [-0.2, 0) is 17.6 Å². The highest BCUT2D eigenvalue weighted by molar-refractivity contribution is 5.75. The van der Waals surface area contributed by atoms with E-state index in [2.05, 4.69) is 17.4 Å². The number of anilines is 1. The molecule has 2 aromatic carbocycles. The topological polar surface area (TPSA) is 55.1 Å². The number of nitrogen functional groups attached to an aromatic ring is 1. The van der Waals surface area contributed by atoms with Crippen LogP contribution in [0.25, 0.3) is 0 Å². The smallest absolute Gasteiger partial charge is 0.220 e. The molecule has 2 aromatic rings. The van der Waals surface area contributed by atoms with Crippen molar-refractivity contribution in [2.45, 2.75) is 25.7 Å². The number of hydrogen-bond donors (Lipinski definition) is 2. The van der Waals surface area contributed by atoms with Crippen LogP contribution in [0.1, 0.15) is 24.0 Å². The summed E-state index contributed by atoms with van der Waals surface area (Å²) in [6.45, 7) is 0.699. The highest BCUT2D eigenvalue weighted by Gasteiger charge is 2.01. The standard InChI is InChI=1S/C18H22N2O/c19-17-11-9-16(10-12-17)7-4-8-18(21)20-14-13-15-5-2-1-3-6-15/h1-3,5-6,9-12H,4,7-8,13-14,19H2,(H,20,21). The van der Waals surface area contributed by atoms with Gasteiger partial charge in [-0.15, -0.1) is 0 Å². The molecule has 3 nitrogen and oxygen atoms in total. The molecule has 110 valence electrons. The monoisotopic (exact) mass is 282 g/mol. The van der Waals surface area contributed by atoms with Crippen LogP contribution >= 0.6 is 0 Å². The van der Waals surface area contributed by atoms with Gasteiger partial charge in [-0.25, -0.2) is 0 Å². The van der Waals surface area contributed by atoms with Crippen LogP contribution in [0.5, 0.6) is 0 Å². The highest BCUT2D eigenvalue weighted by Crippen LogP contribution is 2.08. The second kappa shape index (κ2) is 8.10.